The summed E-state index contributed by atoms with van der Waals surface area (Å²) in [6.45, 7) is 0. The quantitative estimate of drug-likeness (QED) is 0.609. The first-order valence-corrected chi connectivity index (χ1v) is 7.01. The number of hydrogen-bond acceptors (Lipinski definition) is 4. The fourth-order valence-corrected chi connectivity index (χ4v) is 2.62. The fraction of sp³-hybridized carbons (Fsp3) is 0.500. The van der Waals surface area contributed by atoms with Gasteiger partial charge in [-0.3, -0.25) is 4.79 Å². The number of carbonyl (C=O) groups excluding carboxylic acids is 1. The summed E-state index contributed by atoms with van der Waals surface area (Å²) in [5.74, 6) is 1.23. The van der Waals surface area contributed by atoms with Gasteiger partial charge < -0.3 is 9.47 Å². The topological polar surface area (TPSA) is 59.3 Å². The molecule has 1 aromatic rings. The van der Waals surface area contributed by atoms with Crippen LogP contribution in [-0.2, 0) is 4.79 Å². The maximum atomic E-state index is 11.8. The van der Waals surface area contributed by atoms with Crippen molar-refractivity contribution < 1.29 is 14.3 Å². The zero-order chi connectivity index (χ0) is 14.4. The van der Waals surface area contributed by atoms with E-state index in [2.05, 4.69) is 0 Å². The summed E-state index contributed by atoms with van der Waals surface area (Å²) in [6, 6.07) is 6.81. The zero-order valence-corrected chi connectivity index (χ0v) is 11.7. The van der Waals surface area contributed by atoms with E-state index in [0.29, 0.717) is 29.4 Å². The molecule has 0 bridgehead atoms. The summed E-state index contributed by atoms with van der Waals surface area (Å²) >= 11 is 0. The molecule has 0 spiro atoms. The molecular formula is C16H19NO3. The van der Waals surface area contributed by atoms with Crippen molar-refractivity contribution in [2.45, 2.75) is 38.5 Å². The van der Waals surface area contributed by atoms with Crippen LogP contribution in [0.4, 0.5) is 0 Å². The van der Waals surface area contributed by atoms with Crippen LogP contribution in [0.1, 0.15) is 44.1 Å². The molecule has 0 atom stereocenters. The number of nitriles is 1. The van der Waals surface area contributed by atoms with E-state index >= 15 is 0 Å². The molecular weight excluding hydrogens is 254 g/mol. The van der Waals surface area contributed by atoms with Gasteiger partial charge in [-0.25, -0.2) is 0 Å². The molecule has 2 rings (SSSR count). The van der Waals surface area contributed by atoms with E-state index in [1.165, 1.54) is 32.8 Å². The molecule has 0 N–H and O–H groups in total. The van der Waals surface area contributed by atoms with Crippen LogP contribution in [0.15, 0.2) is 18.2 Å². The maximum absolute atomic E-state index is 11.8. The second-order valence-corrected chi connectivity index (χ2v) is 5.14. The van der Waals surface area contributed by atoms with Gasteiger partial charge in [-0.15, -0.1) is 0 Å². The van der Waals surface area contributed by atoms with Crippen molar-refractivity contribution in [1.29, 1.82) is 5.26 Å². The van der Waals surface area contributed by atoms with E-state index in [1.807, 2.05) is 6.07 Å². The Hall–Kier alpha value is -2.02. The fourth-order valence-electron chi connectivity index (χ4n) is 2.62. The first kappa shape index (κ1) is 14.4. The minimum absolute atomic E-state index is 0.236. The lowest BCUT2D eigenvalue weighted by atomic mass is 10.0. The Morgan fingerprint density at radius 2 is 2.10 bits per heavy atom. The van der Waals surface area contributed by atoms with Gasteiger partial charge in [0.2, 0.25) is 0 Å². The average molecular weight is 273 g/mol. The first-order chi connectivity index (χ1) is 9.72. The Labute approximate surface area is 119 Å². The van der Waals surface area contributed by atoms with Crippen molar-refractivity contribution in [2.24, 2.45) is 5.92 Å². The van der Waals surface area contributed by atoms with Crippen molar-refractivity contribution in [2.75, 3.05) is 7.11 Å². The molecule has 1 aliphatic rings. The lowest BCUT2D eigenvalue weighted by Crippen LogP contribution is -2.10. The molecule has 4 heteroatoms. The minimum atomic E-state index is -0.236. The number of rotatable bonds is 5. The molecule has 106 valence electrons. The Bertz CT molecular complexity index is 513. The Balaban J connectivity index is 1.91. The van der Waals surface area contributed by atoms with E-state index in [4.69, 9.17) is 14.7 Å². The van der Waals surface area contributed by atoms with Crippen molar-refractivity contribution in [3.05, 3.63) is 23.8 Å². The van der Waals surface area contributed by atoms with Crippen molar-refractivity contribution in [3.8, 4) is 17.6 Å². The van der Waals surface area contributed by atoms with Crippen LogP contribution in [0.3, 0.4) is 0 Å². The molecule has 4 nitrogen and oxygen atoms in total. The summed E-state index contributed by atoms with van der Waals surface area (Å²) in [5, 5.41) is 8.82. The van der Waals surface area contributed by atoms with Crippen LogP contribution in [-0.4, -0.2) is 13.1 Å². The third-order valence-corrected chi connectivity index (χ3v) is 3.75. The standard InChI is InChI=1S/C16H19NO3/c1-19-15-10-13(11-17)6-8-14(15)20-16(18)9-7-12-4-2-3-5-12/h6,8,10,12H,2-5,7,9H2,1H3. The van der Waals surface area contributed by atoms with Crippen LogP contribution in [0, 0.1) is 17.2 Å². The highest BCUT2D eigenvalue weighted by atomic mass is 16.6. The first-order valence-electron chi connectivity index (χ1n) is 7.01. The predicted octanol–water partition coefficient (Wildman–Crippen LogP) is 3.44. The van der Waals surface area contributed by atoms with Gasteiger partial charge in [0.1, 0.15) is 0 Å². The molecule has 1 fully saturated rings. The molecule has 0 aliphatic heterocycles. The molecule has 0 unspecified atom stereocenters. The molecule has 1 aromatic carbocycles. The van der Waals surface area contributed by atoms with Crippen LogP contribution >= 0.6 is 0 Å². The van der Waals surface area contributed by atoms with Gasteiger partial charge in [0.25, 0.3) is 0 Å². The molecule has 20 heavy (non-hydrogen) atoms. The van der Waals surface area contributed by atoms with Crippen LogP contribution in [0.5, 0.6) is 11.5 Å². The van der Waals surface area contributed by atoms with E-state index in [9.17, 15) is 4.79 Å². The molecule has 0 amide bonds. The van der Waals surface area contributed by atoms with Gasteiger partial charge in [-0.2, -0.15) is 5.26 Å². The van der Waals surface area contributed by atoms with Gasteiger partial charge in [0, 0.05) is 12.5 Å². The maximum Gasteiger partial charge on any atom is 0.311 e. The van der Waals surface area contributed by atoms with Crippen LogP contribution in [0.25, 0.3) is 0 Å². The highest BCUT2D eigenvalue weighted by Gasteiger charge is 2.17. The van der Waals surface area contributed by atoms with E-state index in [-0.39, 0.29) is 5.97 Å². The molecule has 1 saturated carbocycles. The molecule has 0 radical (unpaired) electrons. The Kier molecular flexibility index (Phi) is 5.00. The summed E-state index contributed by atoms with van der Waals surface area (Å²) in [4.78, 5) is 11.8. The van der Waals surface area contributed by atoms with Crippen molar-refractivity contribution >= 4 is 5.97 Å². The molecule has 0 saturated heterocycles. The normalized spacial score (nSPS) is 14.8. The van der Waals surface area contributed by atoms with E-state index in [1.54, 1.807) is 18.2 Å². The van der Waals surface area contributed by atoms with Crippen LogP contribution in [0.2, 0.25) is 0 Å². The molecule has 0 heterocycles. The Morgan fingerprint density at radius 1 is 1.35 bits per heavy atom. The summed E-state index contributed by atoms with van der Waals surface area (Å²) in [5.41, 5.74) is 0.479. The second kappa shape index (κ2) is 6.95. The number of methoxy groups -OCH3 is 1. The lowest BCUT2D eigenvalue weighted by molar-refractivity contribution is -0.134. The van der Waals surface area contributed by atoms with Gasteiger partial charge in [-0.05, 0) is 24.5 Å². The minimum Gasteiger partial charge on any atom is -0.493 e. The summed E-state index contributed by atoms with van der Waals surface area (Å²) < 4.78 is 10.5. The number of ether oxygens (including phenoxy) is 2. The number of nitrogens with zero attached hydrogens (tertiary/aromatic N) is 1. The largest absolute Gasteiger partial charge is 0.493 e. The van der Waals surface area contributed by atoms with Gasteiger partial charge >= 0.3 is 5.97 Å². The smallest absolute Gasteiger partial charge is 0.311 e. The number of carbonyl (C=O) groups is 1. The number of esters is 1. The highest BCUT2D eigenvalue weighted by Crippen LogP contribution is 2.30. The second-order valence-electron chi connectivity index (χ2n) is 5.14. The number of hydrogen-bond donors (Lipinski definition) is 0. The molecule has 0 aromatic heterocycles. The third-order valence-electron chi connectivity index (χ3n) is 3.75. The SMILES string of the molecule is COc1cc(C#N)ccc1OC(=O)CCC1CCCC1. The van der Waals surface area contributed by atoms with Crippen molar-refractivity contribution in [1.82, 2.24) is 0 Å². The van der Waals surface area contributed by atoms with Gasteiger partial charge in [0.05, 0.1) is 18.7 Å². The highest BCUT2D eigenvalue weighted by molar-refractivity contribution is 5.73. The zero-order valence-electron chi connectivity index (χ0n) is 11.7. The van der Waals surface area contributed by atoms with Crippen molar-refractivity contribution in [3.63, 3.8) is 0 Å². The molecule has 1 aliphatic carbocycles. The van der Waals surface area contributed by atoms with E-state index < -0.39 is 0 Å². The predicted molar refractivity (Wildman–Crippen MR) is 74.5 cm³/mol. The summed E-state index contributed by atoms with van der Waals surface area (Å²) in [6.07, 6.45) is 6.36. The third kappa shape index (κ3) is 3.74. The van der Waals surface area contributed by atoms with E-state index in [0.717, 1.165) is 6.42 Å². The Morgan fingerprint density at radius 3 is 2.75 bits per heavy atom. The monoisotopic (exact) mass is 273 g/mol. The lowest BCUT2D eigenvalue weighted by Gasteiger charge is -2.11. The number of benzene rings is 1. The average Bonchev–Trinajstić information content (AvgIpc) is 2.99. The van der Waals surface area contributed by atoms with Crippen LogP contribution < -0.4 is 9.47 Å². The van der Waals surface area contributed by atoms with Gasteiger partial charge in [0.15, 0.2) is 11.5 Å². The van der Waals surface area contributed by atoms with Gasteiger partial charge in [-0.1, -0.05) is 25.7 Å². The summed E-state index contributed by atoms with van der Waals surface area (Å²) in [7, 11) is 1.49.